The second-order valence-corrected chi connectivity index (χ2v) is 5.26. The number of aromatic nitrogens is 2. The SMILES string of the molecule is O=C1C(=Cc2cnn(CCCl)c2)CCc2ccccc21. The van der Waals surface area contributed by atoms with Crippen LogP contribution in [-0.2, 0) is 13.0 Å². The zero-order valence-electron chi connectivity index (χ0n) is 11.1. The molecule has 4 heteroatoms. The van der Waals surface area contributed by atoms with Gasteiger partial charge in [-0.2, -0.15) is 5.10 Å². The van der Waals surface area contributed by atoms with Crippen LogP contribution in [0.4, 0.5) is 0 Å². The summed E-state index contributed by atoms with van der Waals surface area (Å²) in [5.41, 5.74) is 3.79. The molecule has 102 valence electrons. The van der Waals surface area contributed by atoms with Crippen LogP contribution >= 0.6 is 11.6 Å². The Morgan fingerprint density at radius 2 is 2.15 bits per heavy atom. The van der Waals surface area contributed by atoms with Crippen LogP contribution in [0, 0.1) is 0 Å². The number of rotatable bonds is 3. The van der Waals surface area contributed by atoms with E-state index >= 15 is 0 Å². The van der Waals surface area contributed by atoms with Crippen molar-refractivity contribution in [3.8, 4) is 0 Å². The fourth-order valence-corrected chi connectivity index (χ4v) is 2.69. The van der Waals surface area contributed by atoms with E-state index in [2.05, 4.69) is 5.10 Å². The molecule has 3 nitrogen and oxygen atoms in total. The average molecular weight is 287 g/mol. The number of alkyl halides is 1. The van der Waals surface area contributed by atoms with Crippen molar-refractivity contribution in [2.24, 2.45) is 0 Å². The van der Waals surface area contributed by atoms with E-state index in [0.717, 1.165) is 35.1 Å². The van der Waals surface area contributed by atoms with E-state index in [0.29, 0.717) is 12.4 Å². The summed E-state index contributed by atoms with van der Waals surface area (Å²) in [6.07, 6.45) is 7.34. The molecule has 0 radical (unpaired) electrons. The minimum absolute atomic E-state index is 0.136. The molecule has 0 bridgehead atoms. The second kappa shape index (κ2) is 5.63. The Hall–Kier alpha value is -1.87. The number of aryl methyl sites for hydroxylation is 2. The first-order valence-corrected chi connectivity index (χ1v) is 7.23. The summed E-state index contributed by atoms with van der Waals surface area (Å²) in [6.45, 7) is 0.682. The first kappa shape index (κ1) is 13.1. The van der Waals surface area contributed by atoms with E-state index in [1.165, 1.54) is 0 Å². The Bertz CT molecular complexity index is 673. The zero-order valence-corrected chi connectivity index (χ0v) is 11.8. The zero-order chi connectivity index (χ0) is 13.9. The molecule has 0 unspecified atom stereocenters. The van der Waals surface area contributed by atoms with Crippen LogP contribution in [0.1, 0.15) is 27.9 Å². The lowest BCUT2D eigenvalue weighted by molar-refractivity contribution is 0.102. The van der Waals surface area contributed by atoms with Crippen LogP contribution in [0.3, 0.4) is 0 Å². The molecule has 1 aromatic carbocycles. The third-order valence-corrected chi connectivity index (χ3v) is 3.69. The number of carbonyl (C=O) groups is 1. The molecule has 1 heterocycles. The number of Topliss-reactive ketones (excluding diaryl/α,β-unsaturated/α-hetero) is 1. The molecule has 0 atom stereocenters. The van der Waals surface area contributed by atoms with Crippen molar-refractivity contribution in [3.63, 3.8) is 0 Å². The van der Waals surface area contributed by atoms with Gasteiger partial charge in [-0.3, -0.25) is 9.48 Å². The number of ketones is 1. The van der Waals surface area contributed by atoms with Crippen molar-refractivity contribution in [1.29, 1.82) is 0 Å². The molecule has 1 aliphatic rings. The molecular formula is C16H15ClN2O. The van der Waals surface area contributed by atoms with Gasteiger partial charge in [-0.05, 0) is 24.5 Å². The quantitative estimate of drug-likeness (QED) is 0.641. The lowest BCUT2D eigenvalue weighted by Crippen LogP contribution is -2.13. The summed E-state index contributed by atoms with van der Waals surface area (Å²) >= 11 is 5.69. The number of allylic oxidation sites excluding steroid dienone is 1. The molecular weight excluding hydrogens is 272 g/mol. The standard InChI is InChI=1S/C16H15ClN2O/c17-7-8-19-11-12(10-18-19)9-14-6-5-13-3-1-2-4-15(13)16(14)20/h1-4,9-11H,5-8H2. The molecule has 3 rings (SSSR count). The molecule has 0 N–H and O–H groups in total. The summed E-state index contributed by atoms with van der Waals surface area (Å²) in [6, 6.07) is 7.83. The summed E-state index contributed by atoms with van der Waals surface area (Å²) < 4.78 is 1.79. The molecule has 0 amide bonds. The van der Waals surface area contributed by atoms with Crippen molar-refractivity contribution in [1.82, 2.24) is 9.78 Å². The van der Waals surface area contributed by atoms with Gasteiger partial charge in [-0.1, -0.05) is 24.3 Å². The summed E-state index contributed by atoms with van der Waals surface area (Å²) in [5, 5.41) is 4.22. The Morgan fingerprint density at radius 1 is 1.30 bits per heavy atom. The van der Waals surface area contributed by atoms with Crippen LogP contribution in [-0.4, -0.2) is 21.4 Å². The Labute approximate surface area is 122 Å². The maximum absolute atomic E-state index is 12.4. The van der Waals surface area contributed by atoms with E-state index in [4.69, 9.17) is 11.6 Å². The van der Waals surface area contributed by atoms with Gasteiger partial charge in [-0.15, -0.1) is 11.6 Å². The summed E-state index contributed by atoms with van der Waals surface area (Å²) in [7, 11) is 0. The van der Waals surface area contributed by atoms with Crippen LogP contribution in [0.25, 0.3) is 6.08 Å². The molecule has 20 heavy (non-hydrogen) atoms. The van der Waals surface area contributed by atoms with Crippen LogP contribution in [0.5, 0.6) is 0 Å². The Kier molecular flexibility index (Phi) is 3.70. The summed E-state index contributed by atoms with van der Waals surface area (Å²) in [4.78, 5) is 12.4. The number of fused-ring (bicyclic) bond motifs is 1. The van der Waals surface area contributed by atoms with E-state index in [1.54, 1.807) is 10.9 Å². The number of benzene rings is 1. The maximum atomic E-state index is 12.4. The fourth-order valence-electron chi connectivity index (χ4n) is 2.52. The van der Waals surface area contributed by atoms with Crippen molar-refractivity contribution >= 4 is 23.5 Å². The van der Waals surface area contributed by atoms with Crippen molar-refractivity contribution in [3.05, 3.63) is 58.9 Å². The van der Waals surface area contributed by atoms with Gasteiger partial charge in [0.2, 0.25) is 0 Å². The molecule has 0 aliphatic heterocycles. The van der Waals surface area contributed by atoms with Crippen LogP contribution in [0.2, 0.25) is 0 Å². The topological polar surface area (TPSA) is 34.9 Å². The monoisotopic (exact) mass is 286 g/mol. The first-order chi connectivity index (χ1) is 9.78. The third kappa shape index (κ3) is 2.54. The maximum Gasteiger partial charge on any atom is 0.189 e. The van der Waals surface area contributed by atoms with E-state index in [1.807, 2.05) is 36.5 Å². The second-order valence-electron chi connectivity index (χ2n) is 4.88. The number of halogens is 1. The largest absolute Gasteiger partial charge is 0.289 e. The Morgan fingerprint density at radius 3 is 3.00 bits per heavy atom. The summed E-state index contributed by atoms with van der Waals surface area (Å²) in [5.74, 6) is 0.668. The van der Waals surface area contributed by atoms with Gasteiger partial charge in [0.1, 0.15) is 0 Å². The van der Waals surface area contributed by atoms with Gasteiger partial charge in [0.15, 0.2) is 5.78 Å². The van der Waals surface area contributed by atoms with E-state index < -0.39 is 0 Å². The third-order valence-electron chi connectivity index (χ3n) is 3.53. The highest BCUT2D eigenvalue weighted by atomic mass is 35.5. The molecule has 0 saturated heterocycles. The highest BCUT2D eigenvalue weighted by Gasteiger charge is 2.21. The number of nitrogens with zero attached hydrogens (tertiary/aromatic N) is 2. The molecule has 1 aromatic heterocycles. The van der Waals surface area contributed by atoms with Gasteiger partial charge in [0, 0.05) is 28.8 Å². The van der Waals surface area contributed by atoms with Crippen molar-refractivity contribution in [2.75, 3.05) is 5.88 Å². The lowest BCUT2D eigenvalue weighted by atomic mass is 9.86. The molecule has 2 aromatic rings. The fraction of sp³-hybridized carbons (Fsp3) is 0.250. The highest BCUT2D eigenvalue weighted by Crippen LogP contribution is 2.26. The predicted molar refractivity (Wildman–Crippen MR) is 80.0 cm³/mol. The van der Waals surface area contributed by atoms with Crippen molar-refractivity contribution < 1.29 is 4.79 Å². The van der Waals surface area contributed by atoms with Gasteiger partial charge in [0.25, 0.3) is 0 Å². The van der Waals surface area contributed by atoms with Gasteiger partial charge >= 0.3 is 0 Å². The molecule has 0 fully saturated rings. The van der Waals surface area contributed by atoms with E-state index in [-0.39, 0.29) is 5.78 Å². The minimum atomic E-state index is 0.136. The van der Waals surface area contributed by atoms with Gasteiger partial charge in [0.05, 0.1) is 12.7 Å². The minimum Gasteiger partial charge on any atom is -0.289 e. The van der Waals surface area contributed by atoms with Gasteiger partial charge < -0.3 is 0 Å². The molecule has 0 spiro atoms. The van der Waals surface area contributed by atoms with Gasteiger partial charge in [-0.25, -0.2) is 0 Å². The van der Waals surface area contributed by atoms with Crippen molar-refractivity contribution in [2.45, 2.75) is 19.4 Å². The number of hydrogen-bond acceptors (Lipinski definition) is 2. The van der Waals surface area contributed by atoms with E-state index in [9.17, 15) is 4.79 Å². The number of carbonyl (C=O) groups excluding carboxylic acids is 1. The predicted octanol–water partition coefficient (Wildman–Crippen LogP) is 3.33. The highest BCUT2D eigenvalue weighted by molar-refractivity contribution is 6.17. The first-order valence-electron chi connectivity index (χ1n) is 6.69. The molecule has 0 saturated carbocycles. The number of hydrogen-bond donors (Lipinski definition) is 0. The normalized spacial score (nSPS) is 16.4. The van der Waals surface area contributed by atoms with Crippen LogP contribution in [0.15, 0.2) is 42.2 Å². The average Bonchev–Trinajstić information content (AvgIpc) is 2.90. The van der Waals surface area contributed by atoms with Crippen LogP contribution < -0.4 is 0 Å². The molecule has 1 aliphatic carbocycles. The lowest BCUT2D eigenvalue weighted by Gasteiger charge is -2.16. The smallest absolute Gasteiger partial charge is 0.189 e. The Balaban J connectivity index is 1.87.